The van der Waals surface area contributed by atoms with Crippen molar-refractivity contribution in [1.29, 1.82) is 0 Å². The predicted octanol–water partition coefficient (Wildman–Crippen LogP) is 2.98. The van der Waals surface area contributed by atoms with Gasteiger partial charge in [-0.1, -0.05) is 6.07 Å². The molecule has 1 heterocycles. The van der Waals surface area contributed by atoms with Gasteiger partial charge >= 0.3 is 0 Å². The van der Waals surface area contributed by atoms with E-state index in [0.29, 0.717) is 13.0 Å². The van der Waals surface area contributed by atoms with Crippen molar-refractivity contribution < 1.29 is 4.79 Å². The van der Waals surface area contributed by atoms with Crippen molar-refractivity contribution in [2.75, 3.05) is 5.32 Å². The summed E-state index contributed by atoms with van der Waals surface area (Å²) in [5.41, 5.74) is 1.92. The Balaban J connectivity index is 1.92. The molecular formula is C13H14BrN3O. The van der Waals surface area contributed by atoms with Gasteiger partial charge in [0.1, 0.15) is 0 Å². The molecule has 5 heteroatoms. The molecule has 1 N–H and O–H groups in total. The molecule has 0 radical (unpaired) electrons. The number of rotatable bonds is 4. The third-order valence-electron chi connectivity index (χ3n) is 2.55. The number of anilines is 1. The van der Waals surface area contributed by atoms with Crippen LogP contribution in [0.1, 0.15) is 12.0 Å². The number of nitrogens with one attached hydrogen (secondary N) is 1. The van der Waals surface area contributed by atoms with E-state index in [1.165, 1.54) is 0 Å². The van der Waals surface area contributed by atoms with E-state index >= 15 is 0 Å². The summed E-state index contributed by atoms with van der Waals surface area (Å²) in [5, 5.41) is 2.89. The van der Waals surface area contributed by atoms with Crippen LogP contribution in [0.3, 0.4) is 0 Å². The molecule has 0 saturated heterocycles. The van der Waals surface area contributed by atoms with Gasteiger partial charge in [0.2, 0.25) is 5.91 Å². The molecule has 0 aliphatic rings. The fraction of sp³-hybridized carbons (Fsp3) is 0.231. The van der Waals surface area contributed by atoms with Gasteiger partial charge in [-0.2, -0.15) is 0 Å². The lowest BCUT2D eigenvalue weighted by molar-refractivity contribution is -0.116. The van der Waals surface area contributed by atoms with Crippen LogP contribution in [-0.2, 0) is 11.3 Å². The van der Waals surface area contributed by atoms with Gasteiger partial charge in [0, 0.05) is 29.8 Å². The van der Waals surface area contributed by atoms with E-state index in [-0.39, 0.29) is 5.91 Å². The van der Waals surface area contributed by atoms with E-state index in [0.717, 1.165) is 15.7 Å². The number of hydrogen-bond donors (Lipinski definition) is 1. The van der Waals surface area contributed by atoms with Crippen LogP contribution in [0.4, 0.5) is 5.69 Å². The first-order chi connectivity index (χ1) is 8.65. The average molecular weight is 308 g/mol. The minimum absolute atomic E-state index is 0.00463. The standard InChI is InChI=1S/C13H14BrN3O/c1-10-2-3-11(14)12(8-10)16-13(18)4-6-17-7-5-15-9-17/h2-3,5,7-9H,4,6H2,1H3,(H,16,18). The Morgan fingerprint density at radius 1 is 1.50 bits per heavy atom. The second-order valence-corrected chi connectivity index (χ2v) is 4.94. The summed E-state index contributed by atoms with van der Waals surface area (Å²) in [6, 6.07) is 5.87. The van der Waals surface area contributed by atoms with Crippen molar-refractivity contribution in [3.05, 3.63) is 47.0 Å². The third-order valence-corrected chi connectivity index (χ3v) is 3.24. The van der Waals surface area contributed by atoms with Crippen molar-refractivity contribution in [1.82, 2.24) is 9.55 Å². The Morgan fingerprint density at radius 2 is 2.33 bits per heavy atom. The van der Waals surface area contributed by atoms with Crippen LogP contribution in [0.25, 0.3) is 0 Å². The van der Waals surface area contributed by atoms with E-state index < -0.39 is 0 Å². The number of carbonyl (C=O) groups excluding carboxylic acids is 1. The fourth-order valence-electron chi connectivity index (χ4n) is 1.60. The molecule has 0 fully saturated rings. The monoisotopic (exact) mass is 307 g/mol. The topological polar surface area (TPSA) is 46.9 Å². The summed E-state index contributed by atoms with van der Waals surface area (Å²) in [5.74, 6) is -0.00463. The van der Waals surface area contributed by atoms with E-state index in [1.54, 1.807) is 12.5 Å². The number of aromatic nitrogens is 2. The molecule has 0 unspecified atom stereocenters. The Bertz CT molecular complexity index is 537. The van der Waals surface area contributed by atoms with E-state index in [4.69, 9.17) is 0 Å². The van der Waals surface area contributed by atoms with Crippen LogP contribution >= 0.6 is 15.9 Å². The van der Waals surface area contributed by atoms with Crippen molar-refractivity contribution >= 4 is 27.5 Å². The predicted molar refractivity (Wildman–Crippen MR) is 74.4 cm³/mol. The molecule has 0 spiro atoms. The van der Waals surface area contributed by atoms with Gasteiger partial charge in [-0.25, -0.2) is 4.98 Å². The first-order valence-corrected chi connectivity index (χ1v) is 6.46. The Kier molecular flexibility index (Phi) is 4.15. The highest BCUT2D eigenvalue weighted by Crippen LogP contribution is 2.23. The van der Waals surface area contributed by atoms with E-state index in [9.17, 15) is 4.79 Å². The van der Waals surface area contributed by atoms with Gasteiger partial charge < -0.3 is 9.88 Å². The Hall–Kier alpha value is -1.62. The highest BCUT2D eigenvalue weighted by Gasteiger charge is 2.05. The molecule has 2 rings (SSSR count). The normalized spacial score (nSPS) is 10.3. The minimum Gasteiger partial charge on any atom is -0.337 e. The molecule has 0 aliphatic heterocycles. The van der Waals surface area contributed by atoms with Crippen LogP contribution in [0, 0.1) is 6.92 Å². The summed E-state index contributed by atoms with van der Waals surface area (Å²) < 4.78 is 2.77. The molecular weight excluding hydrogens is 294 g/mol. The van der Waals surface area contributed by atoms with Crippen LogP contribution in [0.5, 0.6) is 0 Å². The number of carbonyl (C=O) groups is 1. The average Bonchev–Trinajstić information content (AvgIpc) is 2.84. The maximum absolute atomic E-state index is 11.8. The largest absolute Gasteiger partial charge is 0.337 e. The van der Waals surface area contributed by atoms with E-state index in [2.05, 4.69) is 26.2 Å². The summed E-state index contributed by atoms with van der Waals surface area (Å²) in [7, 11) is 0. The lowest BCUT2D eigenvalue weighted by Gasteiger charge is -2.08. The van der Waals surface area contributed by atoms with Crippen molar-refractivity contribution in [3.63, 3.8) is 0 Å². The number of benzene rings is 1. The van der Waals surface area contributed by atoms with Gasteiger partial charge in [0.05, 0.1) is 12.0 Å². The molecule has 1 aromatic carbocycles. The van der Waals surface area contributed by atoms with Crippen LogP contribution in [0.2, 0.25) is 0 Å². The van der Waals surface area contributed by atoms with Crippen LogP contribution in [-0.4, -0.2) is 15.5 Å². The summed E-state index contributed by atoms with van der Waals surface area (Å²) in [6.07, 6.45) is 5.68. The zero-order valence-electron chi connectivity index (χ0n) is 10.1. The van der Waals surface area contributed by atoms with Gasteiger partial charge in [-0.05, 0) is 40.5 Å². The maximum atomic E-state index is 11.8. The van der Waals surface area contributed by atoms with Crippen molar-refractivity contribution in [3.8, 4) is 0 Å². The second kappa shape index (κ2) is 5.82. The molecule has 0 bridgehead atoms. The highest BCUT2D eigenvalue weighted by molar-refractivity contribution is 9.10. The van der Waals surface area contributed by atoms with Gasteiger partial charge in [0.25, 0.3) is 0 Å². The molecule has 1 amide bonds. The molecule has 4 nitrogen and oxygen atoms in total. The highest BCUT2D eigenvalue weighted by atomic mass is 79.9. The number of amides is 1. The zero-order valence-corrected chi connectivity index (χ0v) is 11.6. The fourth-order valence-corrected chi connectivity index (χ4v) is 1.94. The smallest absolute Gasteiger partial charge is 0.226 e. The maximum Gasteiger partial charge on any atom is 0.226 e. The van der Waals surface area contributed by atoms with Gasteiger partial charge in [0.15, 0.2) is 0 Å². The second-order valence-electron chi connectivity index (χ2n) is 4.08. The molecule has 0 atom stereocenters. The lowest BCUT2D eigenvalue weighted by atomic mass is 10.2. The quantitative estimate of drug-likeness (QED) is 0.944. The number of aryl methyl sites for hydroxylation is 2. The molecule has 18 heavy (non-hydrogen) atoms. The zero-order chi connectivity index (χ0) is 13.0. The molecule has 0 aliphatic carbocycles. The number of imidazole rings is 1. The van der Waals surface area contributed by atoms with Crippen LogP contribution in [0.15, 0.2) is 41.4 Å². The van der Waals surface area contributed by atoms with Crippen LogP contribution < -0.4 is 5.32 Å². The minimum atomic E-state index is -0.00463. The molecule has 0 saturated carbocycles. The molecule has 2 aromatic rings. The van der Waals surface area contributed by atoms with Crippen molar-refractivity contribution in [2.45, 2.75) is 19.9 Å². The summed E-state index contributed by atoms with van der Waals surface area (Å²) in [6.45, 7) is 2.63. The Labute approximate surface area is 114 Å². The first kappa shape index (κ1) is 12.8. The molecule has 1 aromatic heterocycles. The number of halogens is 1. The van der Waals surface area contributed by atoms with E-state index in [1.807, 2.05) is 35.9 Å². The number of hydrogen-bond acceptors (Lipinski definition) is 2. The first-order valence-electron chi connectivity index (χ1n) is 5.67. The van der Waals surface area contributed by atoms with Gasteiger partial charge in [-0.3, -0.25) is 4.79 Å². The SMILES string of the molecule is Cc1ccc(Br)c(NC(=O)CCn2ccnc2)c1. The summed E-state index contributed by atoms with van der Waals surface area (Å²) in [4.78, 5) is 15.7. The van der Waals surface area contributed by atoms with Gasteiger partial charge in [-0.15, -0.1) is 0 Å². The van der Waals surface area contributed by atoms with Crippen molar-refractivity contribution in [2.24, 2.45) is 0 Å². The Morgan fingerprint density at radius 3 is 3.06 bits per heavy atom. The third kappa shape index (κ3) is 3.43. The molecule has 94 valence electrons. The lowest BCUT2D eigenvalue weighted by Crippen LogP contribution is -2.14. The number of nitrogens with zero attached hydrogens (tertiary/aromatic N) is 2. The summed E-state index contributed by atoms with van der Waals surface area (Å²) >= 11 is 3.42.